The first kappa shape index (κ1) is 38.7. The molecule has 0 bridgehead atoms. The zero-order chi connectivity index (χ0) is 47.1. The smallest absolute Gasteiger partial charge is 0.188 e. The molecule has 2 aliphatic rings. The maximum absolute atomic E-state index is 10.2. The van der Waals surface area contributed by atoms with E-state index in [0.29, 0.717) is 22.6 Å². The molecule has 6 aromatic heterocycles. The Labute approximate surface area is 404 Å². The number of nitrogens with zero attached hydrogens (tertiary/aromatic N) is 9. The van der Waals surface area contributed by atoms with Crippen LogP contribution in [0.25, 0.3) is 98.7 Å². The van der Waals surface area contributed by atoms with Gasteiger partial charge in [0.1, 0.15) is 11.5 Å². The third-order valence-electron chi connectivity index (χ3n) is 14.7. The van der Waals surface area contributed by atoms with Crippen molar-refractivity contribution >= 4 is 71.1 Å². The Morgan fingerprint density at radius 1 is 0.451 bits per heavy atom. The maximum atomic E-state index is 10.2. The van der Waals surface area contributed by atoms with Gasteiger partial charge in [0, 0.05) is 73.5 Å². The standard InChI is InChI=1S/C61H31N9O/c1-64-37-14-20-54-45(27-37)41-7-2-4-10-51(41)70(54)40-29-50-60(67-33-40)59-49(9-6-23-66-59)61(50)47-8-3-5-11-57(47)71-58-30-39(15-17-48(58)61)68-53-19-13-36(32-63)26-44(53)46-28-38(16-21-55(46)68)69-52-18-12-35(31-62)25-43(52)42-22-24-65-34-56(42)69/h2-30,33-34H. The van der Waals surface area contributed by atoms with Crippen LogP contribution in [-0.2, 0) is 5.41 Å². The van der Waals surface area contributed by atoms with Gasteiger partial charge in [-0.1, -0.05) is 54.6 Å². The fraction of sp³-hybridized carbons (Fsp3) is 0.0164. The van der Waals surface area contributed by atoms with Gasteiger partial charge in [0.2, 0.25) is 0 Å². The summed E-state index contributed by atoms with van der Waals surface area (Å²) in [5.74, 6) is 1.44. The Bertz CT molecular complexity index is 4690. The molecule has 1 aliphatic carbocycles. The highest BCUT2D eigenvalue weighted by atomic mass is 16.5. The first-order valence-corrected chi connectivity index (χ1v) is 23.1. The number of hydrogen-bond acceptors (Lipinski definition) is 6. The summed E-state index contributed by atoms with van der Waals surface area (Å²) >= 11 is 0. The molecule has 0 amide bonds. The molecule has 0 saturated carbocycles. The summed E-state index contributed by atoms with van der Waals surface area (Å²) in [7, 11) is 0. The summed E-state index contributed by atoms with van der Waals surface area (Å²) in [6, 6.07) is 60.2. The van der Waals surface area contributed by atoms with Gasteiger partial charge < -0.3 is 18.4 Å². The number of para-hydroxylation sites is 2. The molecule has 1 aliphatic heterocycles. The van der Waals surface area contributed by atoms with Crippen LogP contribution < -0.4 is 4.74 Å². The molecule has 326 valence electrons. The lowest BCUT2D eigenvalue weighted by molar-refractivity contribution is 0.436. The van der Waals surface area contributed by atoms with Gasteiger partial charge in [-0.3, -0.25) is 15.0 Å². The van der Waals surface area contributed by atoms with Crippen LogP contribution in [0.2, 0.25) is 0 Å². The van der Waals surface area contributed by atoms with Gasteiger partial charge in [-0.2, -0.15) is 10.5 Å². The molecule has 0 fully saturated rings. The van der Waals surface area contributed by atoms with Crippen molar-refractivity contribution in [3.05, 3.63) is 233 Å². The van der Waals surface area contributed by atoms with Crippen molar-refractivity contribution in [1.29, 1.82) is 10.5 Å². The highest BCUT2D eigenvalue weighted by Gasteiger charge is 2.52. The number of aromatic nitrogens is 6. The molecule has 15 rings (SSSR count). The minimum absolute atomic E-state index is 0.563. The van der Waals surface area contributed by atoms with Gasteiger partial charge >= 0.3 is 0 Å². The van der Waals surface area contributed by atoms with Gasteiger partial charge in [-0.25, -0.2) is 4.85 Å². The van der Waals surface area contributed by atoms with Gasteiger partial charge in [0.05, 0.1) is 97.8 Å². The fourth-order valence-corrected chi connectivity index (χ4v) is 11.9. The summed E-state index contributed by atoms with van der Waals surface area (Å²) in [4.78, 5) is 18.6. The average molecular weight is 906 g/mol. The minimum Gasteiger partial charge on any atom is -0.457 e. The molecule has 0 radical (unpaired) electrons. The second-order valence-electron chi connectivity index (χ2n) is 18.1. The molecule has 1 atom stereocenters. The highest BCUT2D eigenvalue weighted by molar-refractivity contribution is 6.13. The number of rotatable bonds is 3. The number of benzene rings is 7. The van der Waals surface area contributed by atoms with Crippen molar-refractivity contribution in [2.75, 3.05) is 0 Å². The van der Waals surface area contributed by atoms with E-state index in [-0.39, 0.29) is 0 Å². The van der Waals surface area contributed by atoms with Crippen molar-refractivity contribution < 1.29 is 4.74 Å². The molecule has 71 heavy (non-hydrogen) atoms. The van der Waals surface area contributed by atoms with Crippen molar-refractivity contribution in [3.63, 3.8) is 0 Å². The summed E-state index contributed by atoms with van der Waals surface area (Å²) in [6.07, 6.45) is 7.42. The lowest BCUT2D eigenvalue weighted by atomic mass is 9.66. The third kappa shape index (κ3) is 5.08. The molecular weight excluding hydrogens is 875 g/mol. The van der Waals surface area contributed by atoms with Crippen LogP contribution in [0.15, 0.2) is 189 Å². The number of hydrogen-bond donors (Lipinski definition) is 0. The predicted octanol–water partition coefficient (Wildman–Crippen LogP) is 13.9. The monoisotopic (exact) mass is 905 g/mol. The lowest BCUT2D eigenvalue weighted by Crippen LogP contribution is -2.32. The average Bonchev–Trinajstić information content (AvgIpc) is 4.14. The third-order valence-corrected chi connectivity index (χ3v) is 14.7. The zero-order valence-corrected chi connectivity index (χ0v) is 37.3. The van der Waals surface area contributed by atoms with Crippen LogP contribution in [0.4, 0.5) is 5.69 Å². The van der Waals surface area contributed by atoms with E-state index in [1.807, 2.05) is 110 Å². The Kier molecular flexibility index (Phi) is 7.69. The normalized spacial score (nSPS) is 14.3. The second-order valence-corrected chi connectivity index (χ2v) is 18.1. The quantitative estimate of drug-likeness (QED) is 0.163. The second kappa shape index (κ2) is 14.1. The van der Waals surface area contributed by atoms with Crippen molar-refractivity contribution in [3.8, 4) is 52.1 Å². The summed E-state index contributed by atoms with van der Waals surface area (Å²) < 4.78 is 13.7. The topological polar surface area (TPSA) is 115 Å². The molecule has 0 saturated heterocycles. The first-order valence-electron chi connectivity index (χ1n) is 23.1. The molecule has 0 N–H and O–H groups in total. The van der Waals surface area contributed by atoms with E-state index in [4.69, 9.17) is 21.3 Å². The minimum atomic E-state index is -0.858. The van der Waals surface area contributed by atoms with Crippen LogP contribution in [-0.4, -0.2) is 28.7 Å². The van der Waals surface area contributed by atoms with Crippen molar-refractivity contribution in [2.24, 2.45) is 0 Å². The Morgan fingerprint density at radius 2 is 1.06 bits per heavy atom. The van der Waals surface area contributed by atoms with Gasteiger partial charge in [-0.05, 0) is 114 Å². The first-order chi connectivity index (χ1) is 35.0. The maximum Gasteiger partial charge on any atom is 0.188 e. The van der Waals surface area contributed by atoms with E-state index in [0.717, 1.165) is 122 Å². The van der Waals surface area contributed by atoms with Crippen LogP contribution in [0, 0.1) is 29.2 Å². The van der Waals surface area contributed by atoms with E-state index in [9.17, 15) is 10.5 Å². The summed E-state index contributed by atoms with van der Waals surface area (Å²) in [5, 5.41) is 25.9. The van der Waals surface area contributed by atoms with E-state index >= 15 is 0 Å². The van der Waals surface area contributed by atoms with E-state index < -0.39 is 5.41 Å². The predicted molar refractivity (Wildman–Crippen MR) is 276 cm³/mol. The molecule has 7 heterocycles. The van der Waals surface area contributed by atoms with Crippen LogP contribution in [0.1, 0.15) is 33.4 Å². The van der Waals surface area contributed by atoms with Crippen molar-refractivity contribution in [2.45, 2.75) is 5.41 Å². The molecule has 10 nitrogen and oxygen atoms in total. The van der Waals surface area contributed by atoms with Crippen LogP contribution >= 0.6 is 0 Å². The molecule has 13 aromatic rings. The van der Waals surface area contributed by atoms with Gasteiger partial charge in [0.15, 0.2) is 5.69 Å². The molecule has 1 spiro atoms. The summed E-state index contributed by atoms with van der Waals surface area (Å²) in [6.45, 7) is 7.77. The van der Waals surface area contributed by atoms with Gasteiger partial charge in [0.25, 0.3) is 0 Å². The zero-order valence-electron chi connectivity index (χ0n) is 37.3. The number of nitriles is 2. The highest BCUT2D eigenvalue weighted by Crippen LogP contribution is 2.62. The van der Waals surface area contributed by atoms with Gasteiger partial charge in [-0.15, -0.1) is 0 Å². The van der Waals surface area contributed by atoms with E-state index in [1.54, 1.807) is 6.20 Å². The fourth-order valence-electron chi connectivity index (χ4n) is 11.9. The number of pyridine rings is 3. The lowest BCUT2D eigenvalue weighted by Gasteiger charge is -2.39. The molecule has 1 unspecified atom stereocenters. The Hall–Kier alpha value is -10.3. The van der Waals surface area contributed by atoms with E-state index in [2.05, 4.69) is 108 Å². The van der Waals surface area contributed by atoms with Crippen LogP contribution in [0.3, 0.4) is 0 Å². The Balaban J connectivity index is 0.960. The molecule has 7 aromatic carbocycles. The number of ether oxygens (including phenoxy) is 1. The summed E-state index contributed by atoms with van der Waals surface area (Å²) in [5.41, 5.74) is 15.0. The SMILES string of the molecule is [C-]#[N+]c1ccc2c(c1)c1ccccc1n2-c1cnc2c(c1)C1(c3ccccc3Oc3cc(-n4c5ccc(C#N)cc5c5cc(-n6c7ccc(C#N)cc7c7ccncc76)ccc54)ccc31)c1cccnc1-2. The number of fused-ring (bicyclic) bond motifs is 18. The molecular formula is C61H31N9O. The van der Waals surface area contributed by atoms with Crippen molar-refractivity contribution in [1.82, 2.24) is 28.7 Å². The molecule has 10 heteroatoms. The van der Waals surface area contributed by atoms with Crippen LogP contribution in [0.5, 0.6) is 11.5 Å². The largest absolute Gasteiger partial charge is 0.457 e. The Morgan fingerprint density at radius 3 is 1.87 bits per heavy atom. The van der Waals surface area contributed by atoms with E-state index in [1.165, 1.54) is 0 Å².